The Kier molecular flexibility index (Phi) is 10.6. The number of carboxylic acid groups (broad SMARTS) is 4. The minimum absolute atomic E-state index is 0.122. The fraction of sp³-hybridized carbons (Fsp3) is 0.600. The molecule has 0 heterocycles. The first-order valence-electron chi connectivity index (χ1n) is 8.24. The summed E-state index contributed by atoms with van der Waals surface area (Å²) in [7, 11) is 0. The molecule has 7 N–H and O–H groups in total. The second kappa shape index (κ2) is 12.1. The summed E-state index contributed by atoms with van der Waals surface area (Å²) >= 11 is 0. The molecule has 0 radical (unpaired) electrons. The highest BCUT2D eigenvalue weighted by Crippen LogP contribution is 2.02. The van der Waals surface area contributed by atoms with Crippen molar-refractivity contribution in [1.29, 1.82) is 0 Å². The van der Waals surface area contributed by atoms with Crippen LogP contribution in [0.1, 0.15) is 39.0 Å². The number of amides is 3. The van der Waals surface area contributed by atoms with Crippen LogP contribution in [0.5, 0.6) is 0 Å². The maximum absolute atomic E-state index is 11.8. The second-order valence-corrected chi connectivity index (χ2v) is 5.74. The number of carboxylic acids is 4. The monoisotopic (exact) mass is 405 g/mol. The van der Waals surface area contributed by atoms with Gasteiger partial charge < -0.3 is 36.4 Å². The van der Waals surface area contributed by atoms with Crippen molar-refractivity contribution >= 4 is 35.8 Å². The summed E-state index contributed by atoms with van der Waals surface area (Å²) in [6.45, 7) is 1.54. The highest BCUT2D eigenvalue weighted by atomic mass is 16.4. The van der Waals surface area contributed by atoms with Crippen LogP contribution in [0.2, 0.25) is 0 Å². The molecular weight excluding hydrogens is 382 g/mol. The summed E-state index contributed by atoms with van der Waals surface area (Å²) < 4.78 is 0. The molecule has 0 saturated carbocycles. The predicted octanol–water partition coefficient (Wildman–Crippen LogP) is -1.18. The molecule has 0 rings (SSSR count). The average Bonchev–Trinajstić information content (AvgIpc) is 2.58. The molecule has 28 heavy (non-hydrogen) atoms. The van der Waals surface area contributed by atoms with E-state index >= 15 is 0 Å². The summed E-state index contributed by atoms with van der Waals surface area (Å²) in [6, 6.07) is -5.39. The van der Waals surface area contributed by atoms with E-state index in [-0.39, 0.29) is 12.8 Å². The lowest BCUT2D eigenvalue weighted by Gasteiger charge is -2.18. The van der Waals surface area contributed by atoms with Crippen LogP contribution >= 0.6 is 0 Å². The van der Waals surface area contributed by atoms with Crippen LogP contribution in [0.25, 0.3) is 0 Å². The van der Waals surface area contributed by atoms with Gasteiger partial charge in [0.25, 0.3) is 0 Å². The second-order valence-electron chi connectivity index (χ2n) is 5.74. The Hall–Kier alpha value is -3.38. The Morgan fingerprint density at radius 2 is 1.11 bits per heavy atom. The molecule has 0 aliphatic heterocycles. The van der Waals surface area contributed by atoms with Gasteiger partial charge in [-0.25, -0.2) is 19.2 Å². The summed E-state index contributed by atoms with van der Waals surface area (Å²) in [4.78, 5) is 67.1. The van der Waals surface area contributed by atoms with Crippen LogP contribution in [0, 0.1) is 0 Å². The minimum Gasteiger partial charge on any atom is -0.481 e. The first kappa shape index (κ1) is 24.6. The maximum atomic E-state index is 11.8. The Bertz CT molecular complexity index is 621. The van der Waals surface area contributed by atoms with Gasteiger partial charge in [0.1, 0.15) is 18.1 Å². The average molecular weight is 405 g/mol. The Morgan fingerprint density at radius 3 is 1.46 bits per heavy atom. The van der Waals surface area contributed by atoms with Gasteiger partial charge in [-0.1, -0.05) is 6.92 Å². The SMILES string of the molecule is CCC(NC(=O)CCC(NC(=O)NC(CCC(=O)O)C(=O)O)C(=O)O)C(=O)O. The molecule has 13 nitrogen and oxygen atoms in total. The van der Waals surface area contributed by atoms with Crippen LogP contribution < -0.4 is 16.0 Å². The molecule has 0 aliphatic carbocycles. The molecule has 0 spiro atoms. The van der Waals surface area contributed by atoms with Gasteiger partial charge in [0.05, 0.1) is 0 Å². The van der Waals surface area contributed by atoms with Crippen molar-refractivity contribution in [2.45, 2.75) is 57.2 Å². The highest BCUT2D eigenvalue weighted by molar-refractivity contribution is 5.87. The highest BCUT2D eigenvalue weighted by Gasteiger charge is 2.26. The lowest BCUT2D eigenvalue weighted by Crippen LogP contribution is -2.51. The fourth-order valence-electron chi connectivity index (χ4n) is 2.02. The quantitative estimate of drug-likeness (QED) is 0.194. The Morgan fingerprint density at radius 1 is 0.679 bits per heavy atom. The van der Waals surface area contributed by atoms with Crippen molar-refractivity contribution in [3.63, 3.8) is 0 Å². The van der Waals surface area contributed by atoms with Gasteiger partial charge in [-0.3, -0.25) is 9.59 Å². The molecular formula is C15H23N3O10. The van der Waals surface area contributed by atoms with E-state index in [4.69, 9.17) is 20.4 Å². The van der Waals surface area contributed by atoms with E-state index in [0.29, 0.717) is 0 Å². The van der Waals surface area contributed by atoms with Crippen LogP contribution in [0.4, 0.5) is 4.79 Å². The standard InChI is InChI=1S/C15H23N3O10/c1-2-7(12(22)23)16-10(19)5-3-8(13(24)25)17-15(28)18-9(14(26)27)4-6-11(20)21/h7-9H,2-6H2,1H3,(H,16,19)(H,20,21)(H,22,23)(H,24,25)(H,26,27)(H2,17,18,28). The number of nitrogens with one attached hydrogen (secondary N) is 3. The van der Waals surface area contributed by atoms with Crippen LogP contribution in [0.15, 0.2) is 0 Å². The van der Waals surface area contributed by atoms with Gasteiger partial charge in [-0.05, 0) is 19.3 Å². The first-order chi connectivity index (χ1) is 13.0. The number of rotatable bonds is 13. The smallest absolute Gasteiger partial charge is 0.326 e. The summed E-state index contributed by atoms with van der Waals surface area (Å²) in [5.41, 5.74) is 0. The molecule has 0 aromatic rings. The van der Waals surface area contributed by atoms with Gasteiger partial charge in [0.15, 0.2) is 0 Å². The van der Waals surface area contributed by atoms with E-state index in [9.17, 15) is 28.8 Å². The third-order valence-corrected chi connectivity index (χ3v) is 3.56. The van der Waals surface area contributed by atoms with Gasteiger partial charge in [-0.2, -0.15) is 0 Å². The number of hydrogen-bond donors (Lipinski definition) is 7. The molecule has 0 aliphatic rings. The van der Waals surface area contributed by atoms with Gasteiger partial charge in [0, 0.05) is 12.8 Å². The molecule has 0 bridgehead atoms. The van der Waals surface area contributed by atoms with Crippen molar-refractivity contribution in [3.05, 3.63) is 0 Å². The lowest BCUT2D eigenvalue weighted by molar-refractivity contribution is -0.142. The normalized spacial score (nSPS) is 13.5. The number of carbonyl (C=O) groups excluding carboxylic acids is 2. The molecule has 3 atom stereocenters. The topological polar surface area (TPSA) is 219 Å². The largest absolute Gasteiger partial charge is 0.481 e. The molecule has 0 aromatic carbocycles. The lowest BCUT2D eigenvalue weighted by atomic mass is 10.1. The molecule has 13 heteroatoms. The summed E-state index contributed by atoms with van der Waals surface area (Å²) in [5, 5.41) is 41.6. The van der Waals surface area contributed by atoms with Crippen LogP contribution in [-0.2, 0) is 24.0 Å². The zero-order valence-electron chi connectivity index (χ0n) is 15.0. The van der Waals surface area contributed by atoms with Crippen molar-refractivity contribution in [3.8, 4) is 0 Å². The Balaban J connectivity index is 4.71. The van der Waals surface area contributed by atoms with E-state index in [2.05, 4.69) is 5.32 Å². The summed E-state index contributed by atoms with van der Waals surface area (Å²) in [6.07, 6.45) is -1.59. The molecule has 3 unspecified atom stereocenters. The number of urea groups is 1. The van der Waals surface area contributed by atoms with Crippen LogP contribution in [-0.4, -0.2) is 74.4 Å². The number of carbonyl (C=O) groups is 6. The van der Waals surface area contributed by atoms with E-state index in [1.54, 1.807) is 0 Å². The zero-order valence-corrected chi connectivity index (χ0v) is 15.0. The number of hydrogen-bond acceptors (Lipinski definition) is 6. The van der Waals surface area contributed by atoms with E-state index in [1.807, 2.05) is 10.6 Å². The fourth-order valence-corrected chi connectivity index (χ4v) is 2.02. The molecule has 158 valence electrons. The van der Waals surface area contributed by atoms with E-state index < -0.39 is 73.2 Å². The Labute approximate surface area is 159 Å². The zero-order chi connectivity index (χ0) is 21.9. The van der Waals surface area contributed by atoms with Crippen molar-refractivity contribution < 1.29 is 49.2 Å². The van der Waals surface area contributed by atoms with Gasteiger partial charge in [0.2, 0.25) is 5.91 Å². The van der Waals surface area contributed by atoms with Crippen molar-refractivity contribution in [2.24, 2.45) is 0 Å². The maximum Gasteiger partial charge on any atom is 0.326 e. The van der Waals surface area contributed by atoms with E-state index in [0.717, 1.165) is 0 Å². The third kappa shape index (κ3) is 9.94. The molecule has 0 aromatic heterocycles. The van der Waals surface area contributed by atoms with Gasteiger partial charge >= 0.3 is 29.9 Å². The van der Waals surface area contributed by atoms with Gasteiger partial charge in [-0.15, -0.1) is 0 Å². The minimum atomic E-state index is -1.55. The summed E-state index contributed by atoms with van der Waals surface area (Å²) in [5.74, 6) is -6.24. The van der Waals surface area contributed by atoms with Crippen molar-refractivity contribution in [2.75, 3.05) is 0 Å². The first-order valence-corrected chi connectivity index (χ1v) is 8.24. The molecule has 3 amide bonds. The van der Waals surface area contributed by atoms with Crippen LogP contribution in [0.3, 0.4) is 0 Å². The third-order valence-electron chi connectivity index (χ3n) is 3.56. The van der Waals surface area contributed by atoms with Crippen molar-refractivity contribution in [1.82, 2.24) is 16.0 Å². The number of aliphatic carboxylic acids is 4. The van der Waals surface area contributed by atoms with E-state index in [1.165, 1.54) is 6.92 Å². The predicted molar refractivity (Wildman–Crippen MR) is 90.5 cm³/mol. The molecule has 0 saturated heterocycles. The molecule has 0 fully saturated rings.